The highest BCUT2D eigenvalue weighted by Gasteiger charge is 2.41. The highest BCUT2D eigenvalue weighted by Crippen LogP contribution is 2.23. The highest BCUT2D eigenvalue weighted by molar-refractivity contribution is 7.95. The molecule has 0 spiro atoms. The average molecular weight is 376 g/mol. The Morgan fingerprint density at radius 2 is 1.73 bits per heavy atom. The van der Waals surface area contributed by atoms with Gasteiger partial charge in [-0.1, -0.05) is 0 Å². The van der Waals surface area contributed by atoms with Gasteiger partial charge in [-0.3, -0.25) is 4.90 Å². The summed E-state index contributed by atoms with van der Waals surface area (Å²) < 4.78 is 49.4. The van der Waals surface area contributed by atoms with Crippen LogP contribution >= 0.6 is 12.4 Å². The maximum absolute atomic E-state index is 12.5. The van der Waals surface area contributed by atoms with Crippen LogP contribution in [0.3, 0.4) is 0 Å². The molecule has 0 aromatic carbocycles. The van der Waals surface area contributed by atoms with Gasteiger partial charge in [0.2, 0.25) is 10.0 Å². The van der Waals surface area contributed by atoms with E-state index >= 15 is 0 Å². The monoisotopic (exact) mass is 375 g/mol. The van der Waals surface area contributed by atoms with Crippen LogP contribution in [0.4, 0.5) is 0 Å². The Hall–Kier alpha value is 0.0700. The first-order valence-corrected chi connectivity index (χ1v) is 10.5. The number of halogens is 1. The number of hydrogen-bond donors (Lipinski definition) is 1. The Bertz CT molecular complexity index is 578. The summed E-state index contributed by atoms with van der Waals surface area (Å²) in [5, 5.41) is -0.764. The number of nitrogens with zero attached hydrogens (tertiary/aromatic N) is 2. The fourth-order valence-corrected chi connectivity index (χ4v) is 7.44. The number of sulfonamides is 1. The Morgan fingerprint density at radius 3 is 2.14 bits per heavy atom. The molecule has 2 saturated heterocycles. The molecule has 1 unspecified atom stereocenters. The normalized spacial score (nSPS) is 27.5. The Balaban J connectivity index is 0.00000242. The zero-order valence-electron chi connectivity index (χ0n) is 13.1. The standard InChI is InChI=1S/C12H25N3O4S2.ClH/c1-12(2,13)10-14-4-6-15(7-5-14)21(18,19)11-3-8-20(16,17)9-11;/h11H,3-10,13H2,1-2H3;1H. The SMILES string of the molecule is CC(C)(N)CN1CCN(S(=O)(=O)C2CCS(=O)(=O)C2)CC1.Cl. The highest BCUT2D eigenvalue weighted by atomic mass is 35.5. The van der Waals surface area contributed by atoms with Gasteiger partial charge in [0, 0.05) is 38.3 Å². The van der Waals surface area contributed by atoms with Crippen molar-refractivity contribution in [3.05, 3.63) is 0 Å². The minimum Gasteiger partial charge on any atom is -0.324 e. The number of sulfone groups is 1. The van der Waals surface area contributed by atoms with Crippen molar-refractivity contribution in [3.63, 3.8) is 0 Å². The summed E-state index contributed by atoms with van der Waals surface area (Å²) in [6, 6.07) is 0. The molecular weight excluding hydrogens is 350 g/mol. The predicted octanol–water partition coefficient (Wildman–Crippen LogP) is -0.720. The Labute approximate surface area is 139 Å². The first kappa shape index (κ1) is 20.1. The van der Waals surface area contributed by atoms with Crippen LogP contribution in [0, 0.1) is 0 Å². The van der Waals surface area contributed by atoms with Crippen molar-refractivity contribution in [2.45, 2.75) is 31.1 Å². The quantitative estimate of drug-likeness (QED) is 0.696. The lowest BCUT2D eigenvalue weighted by molar-refractivity contribution is 0.161. The third-order valence-corrected chi connectivity index (χ3v) is 8.24. The summed E-state index contributed by atoms with van der Waals surface area (Å²) in [4.78, 5) is 2.15. The maximum Gasteiger partial charge on any atom is 0.218 e. The number of nitrogens with two attached hydrogens (primary N) is 1. The van der Waals surface area contributed by atoms with Gasteiger partial charge in [0.1, 0.15) is 0 Å². The van der Waals surface area contributed by atoms with Crippen LogP contribution in [0.2, 0.25) is 0 Å². The van der Waals surface area contributed by atoms with Gasteiger partial charge in [-0.15, -0.1) is 12.4 Å². The van der Waals surface area contributed by atoms with E-state index in [1.54, 1.807) is 0 Å². The molecule has 2 aliphatic rings. The Morgan fingerprint density at radius 1 is 1.18 bits per heavy atom. The van der Waals surface area contributed by atoms with Crippen LogP contribution in [0.25, 0.3) is 0 Å². The summed E-state index contributed by atoms with van der Waals surface area (Å²) in [6.45, 7) is 6.71. The molecule has 0 aliphatic carbocycles. The van der Waals surface area contributed by atoms with Gasteiger partial charge in [0.25, 0.3) is 0 Å². The van der Waals surface area contributed by atoms with Crippen molar-refractivity contribution < 1.29 is 16.8 Å². The molecule has 0 radical (unpaired) electrons. The molecule has 2 N–H and O–H groups in total. The molecule has 2 aliphatic heterocycles. The molecule has 2 heterocycles. The number of rotatable bonds is 4. The van der Waals surface area contributed by atoms with Gasteiger partial charge in [0.15, 0.2) is 9.84 Å². The minimum absolute atomic E-state index is 0. The van der Waals surface area contributed by atoms with E-state index in [-0.39, 0.29) is 35.9 Å². The minimum atomic E-state index is -3.50. The largest absolute Gasteiger partial charge is 0.324 e. The zero-order valence-corrected chi connectivity index (χ0v) is 15.5. The van der Waals surface area contributed by atoms with Crippen molar-refractivity contribution in [3.8, 4) is 0 Å². The molecule has 132 valence electrons. The molecule has 2 rings (SSSR count). The van der Waals surface area contributed by atoms with Gasteiger partial charge in [-0.2, -0.15) is 4.31 Å². The van der Waals surface area contributed by atoms with E-state index < -0.39 is 25.1 Å². The lowest BCUT2D eigenvalue weighted by atomic mass is 10.1. The van der Waals surface area contributed by atoms with Crippen LogP contribution in [-0.4, -0.2) is 81.1 Å². The average Bonchev–Trinajstić information content (AvgIpc) is 2.69. The number of piperazine rings is 1. The third kappa shape index (κ3) is 5.04. The molecule has 0 amide bonds. The molecule has 0 aromatic rings. The van der Waals surface area contributed by atoms with Crippen molar-refractivity contribution in [1.29, 1.82) is 0 Å². The van der Waals surface area contributed by atoms with Gasteiger partial charge >= 0.3 is 0 Å². The number of hydrogen-bond acceptors (Lipinski definition) is 6. The van der Waals surface area contributed by atoms with Gasteiger partial charge < -0.3 is 5.73 Å². The maximum atomic E-state index is 12.5. The van der Waals surface area contributed by atoms with Crippen LogP contribution < -0.4 is 5.73 Å². The molecular formula is C12H26ClN3O4S2. The van der Waals surface area contributed by atoms with E-state index in [1.807, 2.05) is 13.8 Å². The van der Waals surface area contributed by atoms with Crippen molar-refractivity contribution in [2.75, 3.05) is 44.2 Å². The van der Waals surface area contributed by atoms with E-state index in [9.17, 15) is 16.8 Å². The molecule has 7 nitrogen and oxygen atoms in total. The van der Waals surface area contributed by atoms with Crippen LogP contribution in [0.5, 0.6) is 0 Å². The summed E-state index contributed by atoms with van der Waals surface area (Å²) in [6.07, 6.45) is 0.223. The van der Waals surface area contributed by atoms with Crippen LogP contribution in [0.1, 0.15) is 20.3 Å². The van der Waals surface area contributed by atoms with E-state index in [1.165, 1.54) is 4.31 Å². The summed E-state index contributed by atoms with van der Waals surface area (Å²) in [5.74, 6) is -0.246. The molecule has 0 aromatic heterocycles. The second-order valence-corrected chi connectivity index (χ2v) is 11.2. The van der Waals surface area contributed by atoms with E-state index in [2.05, 4.69) is 4.90 Å². The topological polar surface area (TPSA) is 101 Å². The van der Waals surface area contributed by atoms with E-state index in [4.69, 9.17) is 5.73 Å². The fraction of sp³-hybridized carbons (Fsp3) is 1.00. The molecule has 1 atom stereocenters. The first-order chi connectivity index (χ1) is 9.50. The first-order valence-electron chi connectivity index (χ1n) is 7.20. The van der Waals surface area contributed by atoms with Gasteiger partial charge in [-0.25, -0.2) is 16.8 Å². The smallest absolute Gasteiger partial charge is 0.218 e. The fourth-order valence-electron chi connectivity index (χ4n) is 2.93. The molecule has 22 heavy (non-hydrogen) atoms. The second kappa shape index (κ2) is 6.90. The lowest BCUT2D eigenvalue weighted by Crippen LogP contribution is -2.55. The zero-order chi connectivity index (χ0) is 15.9. The van der Waals surface area contributed by atoms with Gasteiger partial charge in [0.05, 0.1) is 16.8 Å². The Kier molecular flexibility index (Phi) is 6.31. The van der Waals surface area contributed by atoms with Crippen molar-refractivity contribution in [2.24, 2.45) is 5.73 Å². The molecule has 0 saturated carbocycles. The second-order valence-electron chi connectivity index (χ2n) is 6.73. The predicted molar refractivity (Wildman–Crippen MR) is 89.5 cm³/mol. The van der Waals surface area contributed by atoms with Crippen LogP contribution in [-0.2, 0) is 19.9 Å². The van der Waals surface area contributed by atoms with E-state index in [0.29, 0.717) is 26.2 Å². The van der Waals surface area contributed by atoms with E-state index in [0.717, 1.165) is 6.54 Å². The van der Waals surface area contributed by atoms with Crippen molar-refractivity contribution >= 4 is 32.3 Å². The summed E-state index contributed by atoms with van der Waals surface area (Å²) >= 11 is 0. The summed E-state index contributed by atoms with van der Waals surface area (Å²) in [5.41, 5.74) is 5.67. The van der Waals surface area contributed by atoms with Crippen LogP contribution in [0.15, 0.2) is 0 Å². The molecule has 2 fully saturated rings. The van der Waals surface area contributed by atoms with Crippen molar-refractivity contribution in [1.82, 2.24) is 9.21 Å². The summed E-state index contributed by atoms with van der Waals surface area (Å²) in [7, 11) is -6.69. The molecule has 0 bridgehead atoms. The lowest BCUT2D eigenvalue weighted by Gasteiger charge is -2.37. The van der Waals surface area contributed by atoms with Gasteiger partial charge in [-0.05, 0) is 20.3 Å². The molecule has 10 heteroatoms. The third-order valence-electron chi connectivity index (χ3n) is 3.93.